The molecule has 4 nitrogen and oxygen atoms in total. The van der Waals surface area contributed by atoms with Gasteiger partial charge in [0.25, 0.3) is 0 Å². The Morgan fingerprint density at radius 3 is 2.21 bits per heavy atom. The molecule has 2 rings (SSSR count). The first kappa shape index (κ1) is 24.9. The smallest absolute Gasteiger partial charge is 0.356 e. The van der Waals surface area contributed by atoms with E-state index in [1.165, 1.54) is 24.0 Å². The van der Waals surface area contributed by atoms with Crippen LogP contribution in [-0.2, 0) is 0 Å². The van der Waals surface area contributed by atoms with Crippen molar-refractivity contribution >= 4 is 29.9 Å². The molecule has 0 spiro atoms. The molecule has 2 unspecified atom stereocenters. The Morgan fingerprint density at radius 2 is 1.71 bits per heavy atom. The molecule has 1 aliphatic heterocycles. The summed E-state index contributed by atoms with van der Waals surface area (Å²) in [4.78, 5) is 7.50. The van der Waals surface area contributed by atoms with Gasteiger partial charge >= 0.3 is 6.18 Å². The van der Waals surface area contributed by atoms with E-state index < -0.39 is 23.9 Å². The number of aliphatic imine (C=N–C) groups is 1. The number of nitrogens with zero attached hydrogens (tertiary/aromatic N) is 3. The molecule has 1 N–H and O–H groups in total. The fourth-order valence-electron chi connectivity index (χ4n) is 3.04. The lowest BCUT2D eigenvalue weighted by Gasteiger charge is -2.39. The predicted molar refractivity (Wildman–Crippen MR) is 110 cm³/mol. The minimum Gasteiger partial charge on any atom is -0.356 e. The van der Waals surface area contributed by atoms with Crippen LogP contribution in [0.3, 0.4) is 0 Å². The zero-order valence-electron chi connectivity index (χ0n) is 16.1. The second-order valence-electron chi connectivity index (χ2n) is 6.74. The van der Waals surface area contributed by atoms with Crippen LogP contribution in [0.25, 0.3) is 0 Å². The molecular formula is C18H26F5IN4. The zero-order valence-corrected chi connectivity index (χ0v) is 18.4. The number of rotatable bonds is 4. The van der Waals surface area contributed by atoms with Crippen LogP contribution in [0.5, 0.6) is 0 Å². The molecule has 0 saturated carbocycles. The standard InChI is InChI=1S/C18H25F5N4.HI/c1-12(14-4-5-15(19)16(20)10-14)11-25-17(24-3)27-8-6-26(7-9-27)13(2)18(21,22)23;/h4-5,10,12-13H,6-9,11H2,1-3H3,(H,24,25);1H. The molecule has 1 aromatic carbocycles. The molecule has 0 bridgehead atoms. The molecule has 1 fully saturated rings. The summed E-state index contributed by atoms with van der Waals surface area (Å²) >= 11 is 0. The first-order chi connectivity index (χ1) is 12.6. The minimum atomic E-state index is -4.23. The Morgan fingerprint density at radius 1 is 1.11 bits per heavy atom. The quantitative estimate of drug-likeness (QED) is 0.284. The van der Waals surface area contributed by atoms with Gasteiger partial charge in [-0.05, 0) is 30.5 Å². The number of nitrogens with one attached hydrogen (secondary N) is 1. The van der Waals surface area contributed by atoms with E-state index in [4.69, 9.17) is 0 Å². The highest BCUT2D eigenvalue weighted by Gasteiger charge is 2.41. The van der Waals surface area contributed by atoms with Crippen LogP contribution in [0.15, 0.2) is 23.2 Å². The maximum atomic E-state index is 13.4. The third kappa shape index (κ3) is 6.43. The number of halogens is 6. The molecule has 1 aliphatic rings. The van der Waals surface area contributed by atoms with Crippen LogP contribution in [-0.4, -0.2) is 67.7 Å². The summed E-state index contributed by atoms with van der Waals surface area (Å²) in [6, 6.07) is 2.33. The van der Waals surface area contributed by atoms with Crippen molar-refractivity contribution in [2.24, 2.45) is 4.99 Å². The van der Waals surface area contributed by atoms with Crippen LogP contribution in [0, 0.1) is 11.6 Å². The molecule has 0 aliphatic carbocycles. The first-order valence-electron chi connectivity index (χ1n) is 8.84. The number of benzene rings is 1. The van der Waals surface area contributed by atoms with Crippen LogP contribution >= 0.6 is 24.0 Å². The Labute approximate surface area is 179 Å². The number of piperazine rings is 1. The van der Waals surface area contributed by atoms with Gasteiger partial charge in [-0.15, -0.1) is 24.0 Å². The fraction of sp³-hybridized carbons (Fsp3) is 0.611. The van der Waals surface area contributed by atoms with Crippen LogP contribution in [0.1, 0.15) is 25.3 Å². The average molecular weight is 520 g/mol. The van der Waals surface area contributed by atoms with Crippen molar-refractivity contribution in [1.29, 1.82) is 0 Å². The third-order valence-electron chi connectivity index (χ3n) is 4.93. The van der Waals surface area contributed by atoms with Crippen molar-refractivity contribution in [3.05, 3.63) is 35.4 Å². The van der Waals surface area contributed by atoms with Gasteiger partial charge < -0.3 is 10.2 Å². The summed E-state index contributed by atoms with van der Waals surface area (Å²) in [5, 5.41) is 3.16. The second-order valence-corrected chi connectivity index (χ2v) is 6.74. The SMILES string of the molecule is CN=C(NCC(C)c1ccc(F)c(F)c1)N1CCN(C(C)C(F)(F)F)CC1.I. The van der Waals surface area contributed by atoms with Crippen molar-refractivity contribution in [3.8, 4) is 0 Å². The Kier molecular flexibility index (Phi) is 9.38. The highest BCUT2D eigenvalue weighted by Crippen LogP contribution is 2.25. The number of alkyl halides is 3. The van der Waals surface area contributed by atoms with Gasteiger partial charge in [0.05, 0.1) is 0 Å². The van der Waals surface area contributed by atoms with E-state index in [1.54, 1.807) is 7.05 Å². The van der Waals surface area contributed by atoms with Gasteiger partial charge in [-0.1, -0.05) is 13.0 Å². The Hall–Kier alpha value is -1.17. The topological polar surface area (TPSA) is 30.9 Å². The van der Waals surface area contributed by atoms with Gasteiger partial charge in [0.1, 0.15) is 6.04 Å². The van der Waals surface area contributed by atoms with Crippen molar-refractivity contribution in [2.45, 2.75) is 32.0 Å². The van der Waals surface area contributed by atoms with E-state index in [2.05, 4.69) is 10.3 Å². The molecule has 2 atom stereocenters. The van der Waals surface area contributed by atoms with E-state index >= 15 is 0 Å². The van der Waals surface area contributed by atoms with E-state index in [0.29, 0.717) is 44.2 Å². The normalized spacial score (nSPS) is 18.4. The predicted octanol–water partition coefficient (Wildman–Crippen LogP) is 3.83. The lowest BCUT2D eigenvalue weighted by Crippen LogP contribution is -2.57. The lowest BCUT2D eigenvalue weighted by atomic mass is 10.0. The van der Waals surface area contributed by atoms with E-state index in [1.807, 2.05) is 11.8 Å². The van der Waals surface area contributed by atoms with Crippen LogP contribution < -0.4 is 5.32 Å². The molecule has 1 saturated heterocycles. The molecule has 28 heavy (non-hydrogen) atoms. The van der Waals surface area contributed by atoms with Crippen molar-refractivity contribution in [3.63, 3.8) is 0 Å². The molecule has 0 amide bonds. The Bertz CT molecular complexity index is 660. The van der Waals surface area contributed by atoms with Gasteiger partial charge in [-0.3, -0.25) is 9.89 Å². The van der Waals surface area contributed by atoms with Crippen LogP contribution in [0.4, 0.5) is 22.0 Å². The molecule has 160 valence electrons. The largest absolute Gasteiger partial charge is 0.403 e. The molecule has 0 radical (unpaired) electrons. The zero-order chi connectivity index (χ0) is 20.2. The lowest BCUT2D eigenvalue weighted by molar-refractivity contribution is -0.181. The van der Waals surface area contributed by atoms with Crippen molar-refractivity contribution < 1.29 is 22.0 Å². The first-order valence-corrected chi connectivity index (χ1v) is 8.84. The van der Waals surface area contributed by atoms with Gasteiger partial charge in [0, 0.05) is 39.8 Å². The van der Waals surface area contributed by atoms with E-state index in [-0.39, 0.29) is 29.9 Å². The van der Waals surface area contributed by atoms with Gasteiger partial charge in [0.15, 0.2) is 17.6 Å². The molecule has 1 heterocycles. The maximum Gasteiger partial charge on any atom is 0.403 e. The maximum absolute atomic E-state index is 13.4. The fourth-order valence-corrected chi connectivity index (χ4v) is 3.04. The number of guanidine groups is 1. The molecule has 10 heteroatoms. The highest BCUT2D eigenvalue weighted by molar-refractivity contribution is 14.0. The van der Waals surface area contributed by atoms with Crippen molar-refractivity contribution in [1.82, 2.24) is 15.1 Å². The monoisotopic (exact) mass is 520 g/mol. The number of hydrogen-bond acceptors (Lipinski definition) is 2. The van der Waals surface area contributed by atoms with Crippen LogP contribution in [0.2, 0.25) is 0 Å². The third-order valence-corrected chi connectivity index (χ3v) is 4.93. The average Bonchev–Trinajstić information content (AvgIpc) is 2.63. The number of hydrogen-bond donors (Lipinski definition) is 1. The summed E-state index contributed by atoms with van der Waals surface area (Å²) in [7, 11) is 1.61. The summed E-state index contributed by atoms with van der Waals surface area (Å²) in [5.41, 5.74) is 0.653. The minimum absolute atomic E-state index is 0. The van der Waals surface area contributed by atoms with E-state index in [9.17, 15) is 22.0 Å². The Balaban J connectivity index is 0.00000392. The summed E-state index contributed by atoms with van der Waals surface area (Å²) < 4.78 is 64.9. The second kappa shape index (κ2) is 10.6. The molecule has 0 aromatic heterocycles. The van der Waals surface area contributed by atoms with Gasteiger partial charge in [-0.2, -0.15) is 13.2 Å². The van der Waals surface area contributed by atoms with Crippen molar-refractivity contribution in [2.75, 3.05) is 39.8 Å². The summed E-state index contributed by atoms with van der Waals surface area (Å²) in [5.74, 6) is -1.29. The van der Waals surface area contributed by atoms with Gasteiger partial charge in [-0.25, -0.2) is 8.78 Å². The molecular weight excluding hydrogens is 494 g/mol. The summed E-state index contributed by atoms with van der Waals surface area (Å²) in [6.45, 7) is 4.93. The highest BCUT2D eigenvalue weighted by atomic mass is 127. The van der Waals surface area contributed by atoms with E-state index in [0.717, 1.165) is 6.07 Å². The van der Waals surface area contributed by atoms with Gasteiger partial charge in [0.2, 0.25) is 0 Å². The molecule has 1 aromatic rings. The summed E-state index contributed by atoms with van der Waals surface area (Å²) in [6.07, 6.45) is -4.23.